The summed E-state index contributed by atoms with van der Waals surface area (Å²) in [6.45, 7) is 3.47. The van der Waals surface area contributed by atoms with Crippen LogP contribution in [0.15, 0.2) is 18.2 Å². The normalized spacial score (nSPS) is 12.9. The predicted molar refractivity (Wildman–Crippen MR) is 67.1 cm³/mol. The maximum atomic E-state index is 13.6. The third-order valence-electron chi connectivity index (χ3n) is 2.67. The summed E-state index contributed by atoms with van der Waals surface area (Å²) in [7, 11) is 0. The molecule has 0 heterocycles. The van der Waals surface area contributed by atoms with Crippen LogP contribution in [0.5, 0.6) is 5.75 Å². The molecule has 0 aliphatic rings. The van der Waals surface area contributed by atoms with E-state index in [0.29, 0.717) is 18.4 Å². The smallest absolute Gasteiger partial charge is 0.457 e. The van der Waals surface area contributed by atoms with Crippen molar-refractivity contribution in [2.24, 2.45) is 0 Å². The zero-order chi connectivity index (χ0) is 16.0. The highest BCUT2D eigenvalue weighted by molar-refractivity contribution is 5.69. The Bertz CT molecular complexity index is 486. The van der Waals surface area contributed by atoms with Gasteiger partial charge in [-0.25, -0.2) is 4.39 Å². The van der Waals surface area contributed by atoms with Crippen molar-refractivity contribution < 1.29 is 31.8 Å². The molecule has 0 amide bonds. The maximum Gasteiger partial charge on any atom is 0.573 e. The Kier molecular flexibility index (Phi) is 5.99. The van der Waals surface area contributed by atoms with Crippen LogP contribution in [0.1, 0.15) is 44.8 Å². The zero-order valence-corrected chi connectivity index (χ0v) is 11.7. The SMILES string of the molecule is CCCC(OC(=O)CC)c1ccc(OC(F)(F)F)c(F)c1. The van der Waals surface area contributed by atoms with E-state index in [4.69, 9.17) is 4.74 Å². The number of esters is 1. The summed E-state index contributed by atoms with van der Waals surface area (Å²) in [6, 6.07) is 3.03. The lowest BCUT2D eigenvalue weighted by molar-refractivity contribution is -0.275. The number of carbonyl (C=O) groups is 1. The number of halogens is 4. The van der Waals surface area contributed by atoms with Gasteiger partial charge in [0.1, 0.15) is 6.10 Å². The summed E-state index contributed by atoms with van der Waals surface area (Å²) in [4.78, 5) is 11.3. The predicted octanol–water partition coefficient (Wildman–Crippen LogP) is 4.52. The number of carbonyl (C=O) groups excluding carboxylic acids is 1. The van der Waals surface area contributed by atoms with E-state index in [1.807, 2.05) is 6.92 Å². The number of ether oxygens (including phenoxy) is 2. The van der Waals surface area contributed by atoms with E-state index in [-0.39, 0.29) is 6.42 Å². The van der Waals surface area contributed by atoms with Crippen molar-refractivity contribution in [2.75, 3.05) is 0 Å². The van der Waals surface area contributed by atoms with Crippen LogP contribution in [-0.2, 0) is 9.53 Å². The third-order valence-corrected chi connectivity index (χ3v) is 2.67. The van der Waals surface area contributed by atoms with E-state index < -0.39 is 30.0 Å². The van der Waals surface area contributed by atoms with Crippen LogP contribution < -0.4 is 4.74 Å². The van der Waals surface area contributed by atoms with Crippen LogP contribution in [0.4, 0.5) is 17.6 Å². The minimum absolute atomic E-state index is 0.165. The molecule has 0 fully saturated rings. The first kappa shape index (κ1) is 17.3. The second-order valence-corrected chi connectivity index (χ2v) is 4.36. The van der Waals surface area contributed by atoms with Gasteiger partial charge in [0.05, 0.1) is 0 Å². The summed E-state index contributed by atoms with van der Waals surface area (Å²) in [6.07, 6.45) is -4.36. The Labute approximate surface area is 119 Å². The number of hydrogen-bond acceptors (Lipinski definition) is 3. The van der Waals surface area contributed by atoms with E-state index in [0.717, 1.165) is 12.1 Å². The van der Waals surface area contributed by atoms with Crippen LogP contribution in [0.25, 0.3) is 0 Å². The molecular weight excluding hydrogens is 292 g/mol. The van der Waals surface area contributed by atoms with Crippen LogP contribution in [0.2, 0.25) is 0 Å². The molecule has 0 radical (unpaired) electrons. The van der Waals surface area contributed by atoms with Crippen molar-refractivity contribution in [3.8, 4) is 5.75 Å². The van der Waals surface area contributed by atoms with Crippen molar-refractivity contribution in [3.05, 3.63) is 29.6 Å². The highest BCUT2D eigenvalue weighted by atomic mass is 19.4. The van der Waals surface area contributed by atoms with E-state index >= 15 is 0 Å². The van der Waals surface area contributed by atoms with Crippen molar-refractivity contribution in [3.63, 3.8) is 0 Å². The summed E-state index contributed by atoms with van der Waals surface area (Å²) in [5.74, 6) is -2.52. The van der Waals surface area contributed by atoms with Gasteiger partial charge in [0.2, 0.25) is 0 Å². The molecule has 1 unspecified atom stereocenters. The summed E-state index contributed by atoms with van der Waals surface area (Å²) in [5, 5.41) is 0. The number of rotatable bonds is 6. The van der Waals surface area contributed by atoms with Gasteiger partial charge in [-0.1, -0.05) is 26.3 Å². The molecule has 3 nitrogen and oxygen atoms in total. The van der Waals surface area contributed by atoms with Gasteiger partial charge in [-0.15, -0.1) is 13.2 Å². The third kappa shape index (κ3) is 5.61. The molecule has 21 heavy (non-hydrogen) atoms. The van der Waals surface area contributed by atoms with Crippen molar-refractivity contribution in [1.82, 2.24) is 0 Å². The Balaban J connectivity index is 2.95. The molecule has 0 aromatic heterocycles. The van der Waals surface area contributed by atoms with Gasteiger partial charge in [0.25, 0.3) is 0 Å². The van der Waals surface area contributed by atoms with Gasteiger partial charge in [0, 0.05) is 6.42 Å². The first-order chi connectivity index (χ1) is 9.76. The number of hydrogen-bond donors (Lipinski definition) is 0. The van der Waals surface area contributed by atoms with Crippen LogP contribution in [-0.4, -0.2) is 12.3 Å². The maximum absolute atomic E-state index is 13.6. The number of alkyl halides is 3. The first-order valence-electron chi connectivity index (χ1n) is 6.51. The van der Waals surface area contributed by atoms with E-state index in [1.165, 1.54) is 6.07 Å². The van der Waals surface area contributed by atoms with Crippen molar-refractivity contribution in [2.45, 2.75) is 45.6 Å². The molecule has 1 aromatic carbocycles. The molecule has 0 spiro atoms. The molecule has 0 saturated carbocycles. The average molecular weight is 308 g/mol. The van der Waals surface area contributed by atoms with E-state index in [1.54, 1.807) is 6.92 Å². The molecule has 0 aliphatic carbocycles. The Hall–Kier alpha value is -1.79. The molecule has 1 aromatic rings. The molecule has 7 heteroatoms. The first-order valence-corrected chi connectivity index (χ1v) is 6.51. The van der Waals surface area contributed by atoms with Gasteiger partial charge >= 0.3 is 12.3 Å². The highest BCUT2D eigenvalue weighted by Crippen LogP contribution is 2.30. The van der Waals surface area contributed by atoms with Crippen LogP contribution >= 0.6 is 0 Å². The lowest BCUT2D eigenvalue weighted by Crippen LogP contribution is -2.18. The molecule has 0 saturated heterocycles. The van der Waals surface area contributed by atoms with Crippen LogP contribution in [0.3, 0.4) is 0 Å². The summed E-state index contributed by atoms with van der Waals surface area (Å²) < 4.78 is 58.5. The van der Waals surface area contributed by atoms with Gasteiger partial charge in [-0.3, -0.25) is 4.79 Å². The monoisotopic (exact) mass is 308 g/mol. The second-order valence-electron chi connectivity index (χ2n) is 4.36. The van der Waals surface area contributed by atoms with E-state index in [2.05, 4.69) is 4.74 Å². The van der Waals surface area contributed by atoms with E-state index in [9.17, 15) is 22.4 Å². The minimum Gasteiger partial charge on any atom is -0.457 e. The fourth-order valence-corrected chi connectivity index (χ4v) is 1.72. The van der Waals surface area contributed by atoms with Gasteiger partial charge in [-0.05, 0) is 24.1 Å². The summed E-state index contributed by atoms with van der Waals surface area (Å²) in [5.41, 5.74) is 0.297. The minimum atomic E-state index is -4.96. The topological polar surface area (TPSA) is 35.5 Å². The van der Waals surface area contributed by atoms with Crippen LogP contribution in [0, 0.1) is 5.82 Å². The lowest BCUT2D eigenvalue weighted by atomic mass is 10.0. The fraction of sp³-hybridized carbons (Fsp3) is 0.500. The van der Waals surface area contributed by atoms with Gasteiger partial charge < -0.3 is 9.47 Å². The summed E-state index contributed by atoms with van der Waals surface area (Å²) >= 11 is 0. The Morgan fingerprint density at radius 2 is 1.95 bits per heavy atom. The molecule has 118 valence electrons. The second kappa shape index (κ2) is 7.28. The standard InChI is InChI=1S/C14H16F4O3/c1-3-5-11(20-13(19)4-2)9-6-7-12(10(15)8-9)21-14(16,17)18/h6-8,11H,3-5H2,1-2H3. The molecule has 1 atom stereocenters. The molecule has 1 rings (SSSR count). The Morgan fingerprint density at radius 1 is 1.29 bits per heavy atom. The van der Waals surface area contributed by atoms with Crippen molar-refractivity contribution in [1.29, 1.82) is 0 Å². The Morgan fingerprint density at radius 3 is 2.43 bits per heavy atom. The van der Waals surface area contributed by atoms with Gasteiger partial charge in [0.15, 0.2) is 11.6 Å². The van der Waals surface area contributed by atoms with Crippen molar-refractivity contribution >= 4 is 5.97 Å². The average Bonchev–Trinajstić information content (AvgIpc) is 2.39. The highest BCUT2D eigenvalue weighted by Gasteiger charge is 2.32. The quantitative estimate of drug-likeness (QED) is 0.572. The fourth-order valence-electron chi connectivity index (χ4n) is 1.72. The molecule has 0 aliphatic heterocycles. The van der Waals surface area contributed by atoms with Gasteiger partial charge in [-0.2, -0.15) is 0 Å². The molecular formula is C14H16F4O3. The zero-order valence-electron chi connectivity index (χ0n) is 11.7. The largest absolute Gasteiger partial charge is 0.573 e. The number of benzene rings is 1. The molecule has 0 N–H and O–H groups in total. The lowest BCUT2D eigenvalue weighted by Gasteiger charge is -2.18. The molecule has 0 bridgehead atoms.